The highest BCUT2D eigenvalue weighted by atomic mass is 19.4. The lowest BCUT2D eigenvalue weighted by atomic mass is 10.1. The van der Waals surface area contributed by atoms with E-state index < -0.39 is 23.3 Å². The summed E-state index contributed by atoms with van der Waals surface area (Å²) < 4.78 is 57.5. The first-order valence-corrected chi connectivity index (χ1v) is 11.0. The van der Waals surface area contributed by atoms with Gasteiger partial charge in [-0.15, -0.1) is 5.10 Å². The zero-order chi connectivity index (χ0) is 25.6. The Labute approximate surface area is 201 Å². The van der Waals surface area contributed by atoms with Gasteiger partial charge in [0.25, 0.3) is 0 Å². The van der Waals surface area contributed by atoms with Gasteiger partial charge in [-0.3, -0.25) is 0 Å². The predicted molar refractivity (Wildman–Crippen MR) is 122 cm³/mol. The fourth-order valence-corrected chi connectivity index (χ4v) is 3.20. The van der Waals surface area contributed by atoms with E-state index in [0.29, 0.717) is 43.4 Å². The highest BCUT2D eigenvalue weighted by Crippen LogP contribution is 2.31. The van der Waals surface area contributed by atoms with E-state index in [-0.39, 0.29) is 5.69 Å². The Kier molecular flexibility index (Phi) is 7.93. The van der Waals surface area contributed by atoms with Crippen LogP contribution < -0.4 is 14.2 Å². The molecule has 0 radical (unpaired) electrons. The largest absolute Gasteiger partial charge is 0.493 e. The fourth-order valence-electron chi connectivity index (χ4n) is 3.20. The van der Waals surface area contributed by atoms with E-state index in [4.69, 9.17) is 14.2 Å². The van der Waals surface area contributed by atoms with Gasteiger partial charge in [-0.1, -0.05) is 12.1 Å². The van der Waals surface area contributed by atoms with Crippen LogP contribution in [0.4, 0.5) is 13.2 Å². The lowest BCUT2D eigenvalue weighted by molar-refractivity contribution is -0.152. The van der Waals surface area contributed by atoms with E-state index >= 15 is 0 Å². The molecule has 0 saturated carbocycles. The first-order chi connectivity index (χ1) is 16.5. The normalized spacial score (nSPS) is 11.8. The quantitative estimate of drug-likeness (QED) is 0.354. The zero-order valence-corrected chi connectivity index (χ0v) is 19.6. The summed E-state index contributed by atoms with van der Waals surface area (Å²) >= 11 is 0. The molecule has 0 saturated heterocycles. The number of hydrogen-bond acceptors (Lipinski definition) is 5. The minimum absolute atomic E-state index is 0.282. The van der Waals surface area contributed by atoms with Crippen LogP contribution in [0.15, 0.2) is 54.7 Å². The van der Waals surface area contributed by atoms with E-state index in [1.165, 1.54) is 24.6 Å². The third-order valence-corrected chi connectivity index (χ3v) is 5.02. The average molecular weight is 492 g/mol. The van der Waals surface area contributed by atoms with Gasteiger partial charge in [0.2, 0.25) is 5.88 Å². The van der Waals surface area contributed by atoms with Crippen molar-refractivity contribution in [1.29, 1.82) is 0 Å². The molecule has 0 bridgehead atoms. The summed E-state index contributed by atoms with van der Waals surface area (Å²) in [5.41, 5.74) is -1.11. The first-order valence-electron chi connectivity index (χ1n) is 11.0. The summed E-state index contributed by atoms with van der Waals surface area (Å²) in [6, 6.07) is 11.6. The number of ether oxygens (including phenoxy) is 3. The Morgan fingerprint density at radius 1 is 1.06 bits per heavy atom. The number of carbonyl (C=O) groups is 1. The van der Waals surface area contributed by atoms with Gasteiger partial charge in [0.1, 0.15) is 11.5 Å². The third kappa shape index (κ3) is 6.91. The van der Waals surface area contributed by atoms with Crippen molar-refractivity contribution in [2.24, 2.45) is 0 Å². The number of benzene rings is 2. The number of hydrogen-bond donors (Lipinski definition) is 1. The number of aryl methyl sites for hydroxylation is 1. The monoisotopic (exact) mass is 492 g/mol. The molecule has 0 atom stereocenters. The summed E-state index contributed by atoms with van der Waals surface area (Å²) in [6.45, 7) is 5.42. The number of carboxylic acids is 1. The molecule has 0 unspecified atom stereocenters. The topological polar surface area (TPSA) is 82.8 Å². The number of aromatic nitrogens is 2. The minimum atomic E-state index is -4.45. The second-order valence-corrected chi connectivity index (χ2v) is 8.23. The molecular weight excluding hydrogens is 465 g/mol. The molecule has 3 aromatic rings. The van der Waals surface area contributed by atoms with E-state index in [2.05, 4.69) is 5.10 Å². The summed E-state index contributed by atoms with van der Waals surface area (Å²) in [4.78, 5) is 11.3. The molecule has 0 aliphatic carbocycles. The third-order valence-electron chi connectivity index (χ3n) is 5.02. The summed E-state index contributed by atoms with van der Waals surface area (Å²) in [5.74, 6) is 0.167. The van der Waals surface area contributed by atoms with Gasteiger partial charge in [0.05, 0.1) is 24.5 Å². The van der Waals surface area contributed by atoms with E-state index in [0.717, 1.165) is 17.7 Å². The maximum absolute atomic E-state index is 13.1. The molecule has 7 nitrogen and oxygen atoms in total. The van der Waals surface area contributed by atoms with Crippen molar-refractivity contribution in [3.05, 3.63) is 65.9 Å². The van der Waals surface area contributed by atoms with Crippen molar-refractivity contribution in [2.45, 2.75) is 45.4 Å². The van der Waals surface area contributed by atoms with Crippen LogP contribution in [-0.4, -0.2) is 39.7 Å². The lowest BCUT2D eigenvalue weighted by Crippen LogP contribution is -2.37. The summed E-state index contributed by atoms with van der Waals surface area (Å²) in [6.07, 6.45) is -1.68. The number of aliphatic carboxylic acids is 1. The molecule has 10 heteroatoms. The van der Waals surface area contributed by atoms with Crippen molar-refractivity contribution in [3.63, 3.8) is 0 Å². The molecule has 0 aliphatic heterocycles. The SMILES string of the molecule is CCOc1nn(-c2cccc(C(F)(F)F)c2)cc1CCCOc1cccc(OC(C)(C)C(=O)O)c1. The minimum Gasteiger partial charge on any atom is -0.493 e. The molecule has 0 aliphatic rings. The summed E-state index contributed by atoms with van der Waals surface area (Å²) in [7, 11) is 0. The Morgan fingerprint density at radius 2 is 1.77 bits per heavy atom. The van der Waals surface area contributed by atoms with Crippen molar-refractivity contribution in [1.82, 2.24) is 9.78 Å². The summed E-state index contributed by atoms with van der Waals surface area (Å²) in [5, 5.41) is 13.5. The highest BCUT2D eigenvalue weighted by molar-refractivity contribution is 5.76. The lowest BCUT2D eigenvalue weighted by Gasteiger charge is -2.21. The molecule has 0 fully saturated rings. The van der Waals surface area contributed by atoms with Crippen molar-refractivity contribution in [2.75, 3.05) is 13.2 Å². The van der Waals surface area contributed by atoms with Crippen molar-refractivity contribution >= 4 is 5.97 Å². The molecular formula is C25H27F3N2O5. The molecule has 1 aromatic heterocycles. The number of halogens is 3. The van der Waals surface area contributed by atoms with Crippen LogP contribution in [0.2, 0.25) is 0 Å². The maximum atomic E-state index is 13.1. The maximum Gasteiger partial charge on any atom is 0.416 e. The second kappa shape index (κ2) is 10.7. The van der Waals surface area contributed by atoms with Gasteiger partial charge in [0.15, 0.2) is 5.60 Å². The molecule has 3 rings (SSSR count). The molecule has 2 aromatic carbocycles. The van der Waals surface area contributed by atoms with Crippen LogP contribution >= 0.6 is 0 Å². The van der Waals surface area contributed by atoms with Crippen LogP contribution in [0.1, 0.15) is 38.3 Å². The van der Waals surface area contributed by atoms with Gasteiger partial charge in [-0.2, -0.15) is 13.2 Å². The highest BCUT2D eigenvalue weighted by Gasteiger charge is 2.31. The Balaban J connectivity index is 1.64. The number of alkyl halides is 3. The van der Waals surface area contributed by atoms with Gasteiger partial charge in [-0.05, 0) is 63.9 Å². The van der Waals surface area contributed by atoms with E-state index in [1.807, 2.05) is 0 Å². The van der Waals surface area contributed by atoms with Crippen LogP contribution in [0.25, 0.3) is 5.69 Å². The number of carboxylic acid groups (broad SMARTS) is 1. The van der Waals surface area contributed by atoms with Crippen LogP contribution in [0.3, 0.4) is 0 Å². The zero-order valence-electron chi connectivity index (χ0n) is 19.6. The molecule has 1 heterocycles. The van der Waals surface area contributed by atoms with Crippen LogP contribution in [0, 0.1) is 0 Å². The number of nitrogens with zero attached hydrogens (tertiary/aromatic N) is 2. The Hall–Kier alpha value is -3.69. The van der Waals surface area contributed by atoms with Crippen LogP contribution in [0.5, 0.6) is 17.4 Å². The first kappa shape index (κ1) is 25.9. The molecule has 0 amide bonds. The van der Waals surface area contributed by atoms with Crippen molar-refractivity contribution in [3.8, 4) is 23.1 Å². The molecule has 1 N–H and O–H groups in total. The second-order valence-electron chi connectivity index (χ2n) is 8.23. The Bertz CT molecular complexity index is 1160. The predicted octanol–water partition coefficient (Wildman–Crippen LogP) is 5.54. The number of rotatable bonds is 11. The van der Waals surface area contributed by atoms with Gasteiger partial charge < -0.3 is 19.3 Å². The molecule has 35 heavy (non-hydrogen) atoms. The Morgan fingerprint density at radius 3 is 2.46 bits per heavy atom. The molecule has 0 spiro atoms. The standard InChI is InChI=1S/C25H27F3N2O5/c1-4-33-22-17(16-30(29-22)19-10-5-9-18(14-19)25(26,27)28)8-7-13-34-20-11-6-12-21(15-20)35-24(2,3)23(31)32/h5-6,9-12,14-16H,4,7-8,13H2,1-3H3,(H,31,32). The van der Waals surface area contributed by atoms with Gasteiger partial charge in [0, 0.05) is 17.8 Å². The molecule has 188 valence electrons. The van der Waals surface area contributed by atoms with Gasteiger partial charge in [-0.25, -0.2) is 9.48 Å². The van der Waals surface area contributed by atoms with Gasteiger partial charge >= 0.3 is 12.1 Å². The average Bonchev–Trinajstić information content (AvgIpc) is 3.19. The van der Waals surface area contributed by atoms with E-state index in [9.17, 15) is 23.1 Å². The smallest absolute Gasteiger partial charge is 0.416 e. The fraction of sp³-hybridized carbons (Fsp3) is 0.360. The van der Waals surface area contributed by atoms with Crippen LogP contribution in [-0.2, 0) is 17.4 Å². The van der Waals surface area contributed by atoms with E-state index in [1.54, 1.807) is 43.5 Å². The van der Waals surface area contributed by atoms with Crippen molar-refractivity contribution < 1.29 is 37.3 Å².